The van der Waals surface area contributed by atoms with Gasteiger partial charge >= 0.3 is 0 Å². The molecule has 82 valence electrons. The Labute approximate surface area is 104 Å². The van der Waals surface area contributed by atoms with Crippen LogP contribution in [0.15, 0.2) is 34.9 Å². The van der Waals surface area contributed by atoms with Crippen LogP contribution in [0.3, 0.4) is 0 Å². The molecule has 0 spiro atoms. The number of nitrogens with one attached hydrogen (secondary N) is 1. The Morgan fingerprint density at radius 1 is 1.50 bits per heavy atom. The van der Waals surface area contributed by atoms with E-state index < -0.39 is 0 Å². The number of hydrogen-bond donors (Lipinski definition) is 2. The number of halogens is 1. The van der Waals surface area contributed by atoms with Crippen molar-refractivity contribution in [3.05, 3.63) is 41.0 Å². The second-order valence-corrected chi connectivity index (χ2v) is 4.23. The van der Waals surface area contributed by atoms with E-state index in [2.05, 4.69) is 28.8 Å². The van der Waals surface area contributed by atoms with Crippen LogP contribution >= 0.6 is 23.8 Å². The summed E-state index contributed by atoms with van der Waals surface area (Å²) in [5, 5.41) is 4.78. The number of rotatable bonds is 2. The Hall–Kier alpha value is -1.39. The molecular weight excluding hydrogens is 242 g/mol. The van der Waals surface area contributed by atoms with Crippen molar-refractivity contribution in [3.63, 3.8) is 0 Å². The molecule has 0 saturated carbocycles. The van der Waals surface area contributed by atoms with Gasteiger partial charge in [0.2, 0.25) is 0 Å². The van der Waals surface area contributed by atoms with Crippen LogP contribution in [-0.4, -0.2) is 11.3 Å². The van der Waals surface area contributed by atoms with Crippen molar-refractivity contribution in [2.75, 3.05) is 0 Å². The van der Waals surface area contributed by atoms with E-state index >= 15 is 0 Å². The summed E-state index contributed by atoms with van der Waals surface area (Å²) in [6.45, 7) is 0. The van der Waals surface area contributed by atoms with E-state index in [1.165, 1.54) is 5.56 Å². The summed E-state index contributed by atoms with van der Waals surface area (Å²) >= 11 is 10.9. The first kappa shape index (κ1) is 11.1. The molecule has 1 aliphatic rings. The third kappa shape index (κ3) is 2.23. The van der Waals surface area contributed by atoms with Crippen LogP contribution in [0.25, 0.3) is 5.03 Å². The molecule has 1 aromatic carbocycles. The molecule has 1 aliphatic carbocycles. The fourth-order valence-electron chi connectivity index (χ4n) is 1.62. The molecule has 0 unspecified atom stereocenters. The summed E-state index contributed by atoms with van der Waals surface area (Å²) in [7, 11) is 0. The second kappa shape index (κ2) is 4.63. The van der Waals surface area contributed by atoms with Gasteiger partial charge in [-0.15, -0.1) is 0 Å². The largest absolute Gasteiger partial charge is 0.375 e. The molecule has 0 fully saturated rings. The van der Waals surface area contributed by atoms with Crippen molar-refractivity contribution in [2.24, 2.45) is 10.8 Å². The highest BCUT2D eigenvalue weighted by Crippen LogP contribution is 2.34. The molecule has 0 amide bonds. The Morgan fingerprint density at radius 3 is 2.94 bits per heavy atom. The Bertz CT molecular complexity index is 494. The lowest BCUT2D eigenvalue weighted by atomic mass is 10.1. The van der Waals surface area contributed by atoms with Gasteiger partial charge in [-0.2, -0.15) is 5.10 Å². The zero-order valence-electron chi connectivity index (χ0n) is 8.40. The maximum Gasteiger partial charge on any atom is 0.184 e. The van der Waals surface area contributed by atoms with E-state index in [4.69, 9.17) is 17.3 Å². The van der Waals surface area contributed by atoms with Gasteiger partial charge in [-0.25, -0.2) is 0 Å². The zero-order chi connectivity index (χ0) is 11.5. The third-order valence-electron chi connectivity index (χ3n) is 2.31. The highest BCUT2D eigenvalue weighted by Gasteiger charge is 2.17. The summed E-state index contributed by atoms with van der Waals surface area (Å²) < 4.78 is 0. The standard InChI is InChI=1S/C11H10ClN3S/c12-10-8(6-14-15-11(13)16)5-7-3-1-2-4-9(7)10/h1-4,6H,5H2,(H3,13,15,16)/b14-6-. The molecule has 0 radical (unpaired) electrons. The van der Waals surface area contributed by atoms with Gasteiger partial charge in [-0.05, 0) is 28.9 Å². The number of benzene rings is 1. The summed E-state index contributed by atoms with van der Waals surface area (Å²) in [6, 6.07) is 8.02. The number of nitrogens with zero attached hydrogens (tertiary/aromatic N) is 1. The van der Waals surface area contributed by atoms with Gasteiger partial charge in [-0.3, -0.25) is 5.43 Å². The first-order valence-electron chi connectivity index (χ1n) is 4.74. The Kier molecular flexibility index (Phi) is 3.22. The lowest BCUT2D eigenvalue weighted by Gasteiger charge is -1.95. The lowest BCUT2D eigenvalue weighted by Crippen LogP contribution is -2.24. The fourth-order valence-corrected chi connectivity index (χ4v) is 1.97. The van der Waals surface area contributed by atoms with Crippen molar-refractivity contribution in [1.29, 1.82) is 0 Å². The van der Waals surface area contributed by atoms with Crippen molar-refractivity contribution in [3.8, 4) is 0 Å². The normalized spacial score (nSPS) is 14.3. The van der Waals surface area contributed by atoms with Gasteiger partial charge < -0.3 is 5.73 Å². The van der Waals surface area contributed by atoms with Gasteiger partial charge in [0.25, 0.3) is 0 Å². The summed E-state index contributed by atoms with van der Waals surface area (Å²) in [5.41, 5.74) is 11.0. The minimum Gasteiger partial charge on any atom is -0.375 e. The molecule has 16 heavy (non-hydrogen) atoms. The van der Waals surface area contributed by atoms with Crippen LogP contribution in [0.1, 0.15) is 11.1 Å². The SMILES string of the molecule is NC(=S)N/N=C\C1=C(Cl)c2ccccc2C1. The lowest BCUT2D eigenvalue weighted by molar-refractivity contribution is 1.04. The quantitative estimate of drug-likeness (QED) is 0.480. The topological polar surface area (TPSA) is 50.4 Å². The van der Waals surface area contributed by atoms with Gasteiger partial charge in [0.1, 0.15) is 0 Å². The van der Waals surface area contributed by atoms with E-state index in [1.54, 1.807) is 6.21 Å². The van der Waals surface area contributed by atoms with Crippen molar-refractivity contribution in [2.45, 2.75) is 6.42 Å². The number of thiocarbonyl (C=S) groups is 1. The smallest absolute Gasteiger partial charge is 0.184 e. The molecule has 3 nitrogen and oxygen atoms in total. The van der Waals surface area contributed by atoms with Crippen LogP contribution in [0.5, 0.6) is 0 Å². The predicted molar refractivity (Wildman–Crippen MR) is 71.3 cm³/mol. The van der Waals surface area contributed by atoms with Crippen LogP contribution in [-0.2, 0) is 6.42 Å². The highest BCUT2D eigenvalue weighted by molar-refractivity contribution is 7.80. The molecule has 0 saturated heterocycles. The van der Waals surface area contributed by atoms with E-state index in [-0.39, 0.29) is 5.11 Å². The first-order chi connectivity index (χ1) is 7.68. The van der Waals surface area contributed by atoms with E-state index in [0.717, 1.165) is 22.6 Å². The Balaban J connectivity index is 2.18. The van der Waals surface area contributed by atoms with Crippen molar-refractivity contribution < 1.29 is 0 Å². The maximum atomic E-state index is 6.22. The number of nitrogens with two attached hydrogens (primary N) is 1. The Morgan fingerprint density at radius 2 is 2.25 bits per heavy atom. The minimum atomic E-state index is 0.142. The number of allylic oxidation sites excluding steroid dienone is 1. The van der Waals surface area contributed by atoms with Crippen LogP contribution in [0.2, 0.25) is 0 Å². The molecule has 5 heteroatoms. The zero-order valence-corrected chi connectivity index (χ0v) is 9.98. The molecule has 0 heterocycles. The summed E-state index contributed by atoms with van der Waals surface area (Å²) in [4.78, 5) is 0. The molecule has 0 aliphatic heterocycles. The molecule has 0 atom stereocenters. The van der Waals surface area contributed by atoms with Crippen LogP contribution in [0.4, 0.5) is 0 Å². The fraction of sp³-hybridized carbons (Fsp3) is 0.0909. The molecule has 3 N–H and O–H groups in total. The van der Waals surface area contributed by atoms with Crippen molar-refractivity contribution >= 4 is 40.2 Å². The average molecular weight is 252 g/mol. The first-order valence-corrected chi connectivity index (χ1v) is 5.52. The number of fused-ring (bicyclic) bond motifs is 1. The van der Waals surface area contributed by atoms with E-state index in [9.17, 15) is 0 Å². The maximum absolute atomic E-state index is 6.22. The molecule has 1 aromatic rings. The molecular formula is C11H10ClN3S. The van der Waals surface area contributed by atoms with Crippen molar-refractivity contribution in [1.82, 2.24) is 5.43 Å². The third-order valence-corrected chi connectivity index (χ3v) is 2.85. The van der Waals surface area contributed by atoms with Gasteiger partial charge in [0.15, 0.2) is 5.11 Å². The van der Waals surface area contributed by atoms with Gasteiger partial charge in [0.05, 0.1) is 11.2 Å². The van der Waals surface area contributed by atoms with Gasteiger partial charge in [0, 0.05) is 6.42 Å². The highest BCUT2D eigenvalue weighted by atomic mass is 35.5. The van der Waals surface area contributed by atoms with E-state index in [0.29, 0.717) is 0 Å². The summed E-state index contributed by atoms with van der Waals surface area (Å²) in [6.07, 6.45) is 2.44. The van der Waals surface area contributed by atoms with E-state index in [1.807, 2.05) is 18.2 Å². The van der Waals surface area contributed by atoms with Crippen LogP contribution in [0, 0.1) is 0 Å². The van der Waals surface area contributed by atoms with Gasteiger partial charge in [-0.1, -0.05) is 35.9 Å². The molecule has 0 bridgehead atoms. The minimum absolute atomic E-state index is 0.142. The summed E-state index contributed by atoms with van der Waals surface area (Å²) in [5.74, 6) is 0. The molecule has 0 aromatic heterocycles. The second-order valence-electron chi connectivity index (χ2n) is 3.41. The predicted octanol–water partition coefficient (Wildman–Crippen LogP) is 2.01. The average Bonchev–Trinajstić information content (AvgIpc) is 2.56. The monoisotopic (exact) mass is 251 g/mol. The van der Waals surface area contributed by atoms with Crippen LogP contribution < -0.4 is 11.2 Å². The number of hydrogen-bond acceptors (Lipinski definition) is 2. The number of hydrazone groups is 1. The molecule has 2 rings (SSSR count).